The van der Waals surface area contributed by atoms with Gasteiger partial charge in [0.1, 0.15) is 0 Å². The summed E-state index contributed by atoms with van der Waals surface area (Å²) in [6.45, 7) is 0.673. The van der Waals surface area contributed by atoms with Crippen LogP contribution in [-0.4, -0.2) is 19.3 Å². The maximum atomic E-state index is 9.29. The lowest BCUT2D eigenvalue weighted by atomic mass is 10.1. The Bertz CT molecular complexity index is 569. The Morgan fingerprint density at radius 1 is 1.00 bits per heavy atom. The predicted octanol–water partition coefficient (Wildman–Crippen LogP) is 2.81. The largest absolute Gasteiger partial charge is 0.493 e. The van der Waals surface area contributed by atoms with Gasteiger partial charge in [0.2, 0.25) is 0 Å². The number of methoxy groups -OCH3 is 2. The van der Waals surface area contributed by atoms with E-state index in [0.717, 1.165) is 16.8 Å². The summed E-state index contributed by atoms with van der Waals surface area (Å²) in [7, 11) is 3.24. The molecule has 0 bridgehead atoms. The summed E-state index contributed by atoms with van der Waals surface area (Å²) in [4.78, 5) is 0. The van der Waals surface area contributed by atoms with Crippen LogP contribution in [0.3, 0.4) is 0 Å². The molecule has 0 unspecified atom stereocenters. The number of aliphatic hydroxyl groups excluding tert-OH is 1. The molecule has 2 rings (SSSR count). The van der Waals surface area contributed by atoms with Gasteiger partial charge in [-0.1, -0.05) is 24.3 Å². The van der Waals surface area contributed by atoms with Gasteiger partial charge in [0, 0.05) is 17.8 Å². The fourth-order valence-corrected chi connectivity index (χ4v) is 2.02. The summed E-state index contributed by atoms with van der Waals surface area (Å²) in [6, 6.07) is 13.5. The zero-order valence-corrected chi connectivity index (χ0v) is 11.7. The molecule has 0 heterocycles. The van der Waals surface area contributed by atoms with Gasteiger partial charge in [0.15, 0.2) is 11.5 Å². The lowest BCUT2D eigenvalue weighted by molar-refractivity contribution is 0.282. The molecular weight excluding hydrogens is 254 g/mol. The van der Waals surface area contributed by atoms with Crippen LogP contribution in [0.4, 0.5) is 5.69 Å². The van der Waals surface area contributed by atoms with Gasteiger partial charge in [0.25, 0.3) is 0 Å². The van der Waals surface area contributed by atoms with Gasteiger partial charge in [-0.15, -0.1) is 0 Å². The van der Waals surface area contributed by atoms with Gasteiger partial charge in [0.05, 0.1) is 20.8 Å². The number of hydrogen-bond acceptors (Lipinski definition) is 4. The van der Waals surface area contributed by atoms with Crippen LogP contribution in [0.25, 0.3) is 0 Å². The molecule has 4 heteroatoms. The second-order valence-electron chi connectivity index (χ2n) is 4.36. The maximum Gasteiger partial charge on any atom is 0.161 e. The van der Waals surface area contributed by atoms with Crippen LogP contribution in [0.15, 0.2) is 42.5 Å². The Hall–Kier alpha value is -2.20. The second-order valence-corrected chi connectivity index (χ2v) is 4.36. The maximum absolute atomic E-state index is 9.29. The molecule has 0 spiro atoms. The van der Waals surface area contributed by atoms with Gasteiger partial charge in [-0.25, -0.2) is 0 Å². The number of benzene rings is 2. The molecule has 0 saturated heterocycles. The van der Waals surface area contributed by atoms with Gasteiger partial charge in [-0.2, -0.15) is 0 Å². The van der Waals surface area contributed by atoms with Crippen molar-refractivity contribution in [3.8, 4) is 11.5 Å². The Morgan fingerprint density at radius 2 is 1.75 bits per heavy atom. The fourth-order valence-electron chi connectivity index (χ4n) is 2.02. The van der Waals surface area contributed by atoms with Crippen LogP contribution in [0.2, 0.25) is 0 Å². The van der Waals surface area contributed by atoms with Crippen molar-refractivity contribution in [2.24, 2.45) is 0 Å². The van der Waals surface area contributed by atoms with Gasteiger partial charge in [-0.05, 0) is 23.8 Å². The van der Waals surface area contributed by atoms with Gasteiger partial charge >= 0.3 is 0 Å². The number of aliphatic hydroxyl groups is 1. The van der Waals surface area contributed by atoms with Crippen molar-refractivity contribution in [3.05, 3.63) is 53.6 Å². The molecule has 2 aromatic carbocycles. The van der Waals surface area contributed by atoms with Crippen LogP contribution in [0, 0.1) is 0 Å². The third-order valence-electron chi connectivity index (χ3n) is 3.12. The minimum Gasteiger partial charge on any atom is -0.493 e. The monoisotopic (exact) mass is 273 g/mol. The van der Waals surface area contributed by atoms with Crippen LogP contribution in [0.1, 0.15) is 11.1 Å². The lowest BCUT2D eigenvalue weighted by Crippen LogP contribution is -2.03. The van der Waals surface area contributed by atoms with Crippen LogP contribution < -0.4 is 14.8 Å². The summed E-state index contributed by atoms with van der Waals surface area (Å²) in [5.74, 6) is 1.43. The molecule has 2 aromatic rings. The average Bonchev–Trinajstić information content (AvgIpc) is 2.52. The molecule has 4 nitrogen and oxygen atoms in total. The molecule has 0 aliphatic heterocycles. The van der Waals surface area contributed by atoms with Crippen molar-refractivity contribution in [3.63, 3.8) is 0 Å². The molecule has 0 aliphatic rings. The molecule has 0 aromatic heterocycles. The van der Waals surface area contributed by atoms with Crippen molar-refractivity contribution in [1.29, 1.82) is 0 Å². The minimum atomic E-state index is 0.0229. The van der Waals surface area contributed by atoms with Crippen LogP contribution >= 0.6 is 0 Å². The van der Waals surface area contributed by atoms with Crippen molar-refractivity contribution < 1.29 is 14.6 Å². The summed E-state index contributed by atoms with van der Waals surface area (Å²) < 4.78 is 10.5. The fraction of sp³-hybridized carbons (Fsp3) is 0.250. The van der Waals surface area contributed by atoms with Crippen molar-refractivity contribution >= 4 is 5.69 Å². The Morgan fingerprint density at radius 3 is 2.45 bits per heavy atom. The van der Waals surface area contributed by atoms with E-state index in [-0.39, 0.29) is 6.61 Å². The number of nitrogens with one attached hydrogen (secondary N) is 1. The summed E-state index contributed by atoms with van der Waals surface area (Å²) in [6.07, 6.45) is 0. The van der Waals surface area contributed by atoms with Crippen LogP contribution in [0.5, 0.6) is 11.5 Å². The standard InChI is InChI=1S/C16H19NO3/c1-19-15-8-7-12(9-16(15)20-2)10-17-14-6-4-3-5-13(14)11-18/h3-9,17-18H,10-11H2,1-2H3. The molecule has 0 fully saturated rings. The molecular formula is C16H19NO3. The first-order valence-corrected chi connectivity index (χ1v) is 6.42. The summed E-state index contributed by atoms with van der Waals surface area (Å²) in [5, 5.41) is 12.6. The van der Waals surface area contributed by atoms with Crippen LogP contribution in [-0.2, 0) is 13.2 Å². The highest BCUT2D eigenvalue weighted by atomic mass is 16.5. The third-order valence-corrected chi connectivity index (χ3v) is 3.12. The zero-order chi connectivity index (χ0) is 14.4. The van der Waals surface area contributed by atoms with E-state index < -0.39 is 0 Å². The Balaban J connectivity index is 2.11. The summed E-state index contributed by atoms with van der Waals surface area (Å²) in [5.41, 5.74) is 2.90. The molecule has 20 heavy (non-hydrogen) atoms. The van der Waals surface area contributed by atoms with Gasteiger partial charge < -0.3 is 19.9 Å². The first kappa shape index (κ1) is 14.2. The smallest absolute Gasteiger partial charge is 0.161 e. The zero-order valence-electron chi connectivity index (χ0n) is 11.7. The number of anilines is 1. The molecule has 0 radical (unpaired) electrons. The van der Waals surface area contributed by atoms with E-state index in [1.807, 2.05) is 42.5 Å². The topological polar surface area (TPSA) is 50.7 Å². The quantitative estimate of drug-likeness (QED) is 0.849. The number of ether oxygens (including phenoxy) is 2. The third kappa shape index (κ3) is 3.22. The highest BCUT2D eigenvalue weighted by molar-refractivity contribution is 5.52. The van der Waals surface area contributed by atoms with Crippen molar-refractivity contribution in [1.82, 2.24) is 0 Å². The highest BCUT2D eigenvalue weighted by Gasteiger charge is 2.05. The minimum absolute atomic E-state index is 0.0229. The average molecular weight is 273 g/mol. The normalized spacial score (nSPS) is 10.2. The molecule has 0 saturated carbocycles. The van der Waals surface area contributed by atoms with E-state index in [1.54, 1.807) is 14.2 Å². The predicted molar refractivity (Wildman–Crippen MR) is 79.2 cm³/mol. The molecule has 0 atom stereocenters. The summed E-state index contributed by atoms with van der Waals surface area (Å²) >= 11 is 0. The molecule has 0 aliphatic carbocycles. The molecule has 2 N–H and O–H groups in total. The first-order valence-electron chi connectivity index (χ1n) is 6.42. The lowest BCUT2D eigenvalue weighted by Gasteiger charge is -2.12. The van der Waals surface area contributed by atoms with E-state index in [9.17, 15) is 5.11 Å². The molecule has 0 amide bonds. The van der Waals surface area contributed by atoms with E-state index >= 15 is 0 Å². The second kappa shape index (κ2) is 6.82. The number of hydrogen-bond donors (Lipinski definition) is 2. The van der Waals surface area contributed by atoms with E-state index in [0.29, 0.717) is 18.0 Å². The van der Waals surface area contributed by atoms with Crippen molar-refractivity contribution in [2.45, 2.75) is 13.2 Å². The highest BCUT2D eigenvalue weighted by Crippen LogP contribution is 2.28. The number of rotatable bonds is 6. The Labute approximate surface area is 119 Å². The van der Waals surface area contributed by atoms with Gasteiger partial charge in [-0.3, -0.25) is 0 Å². The van der Waals surface area contributed by atoms with E-state index in [4.69, 9.17) is 9.47 Å². The Kier molecular flexibility index (Phi) is 4.85. The van der Waals surface area contributed by atoms with E-state index in [1.165, 1.54) is 0 Å². The molecule has 106 valence electrons. The van der Waals surface area contributed by atoms with E-state index in [2.05, 4.69) is 5.32 Å². The van der Waals surface area contributed by atoms with Crippen molar-refractivity contribution in [2.75, 3.05) is 19.5 Å². The first-order chi connectivity index (χ1) is 9.78. The number of para-hydroxylation sites is 1. The SMILES string of the molecule is COc1ccc(CNc2ccccc2CO)cc1OC.